The number of hydrogen-bond acceptors (Lipinski definition) is 5. The van der Waals surface area contributed by atoms with Gasteiger partial charge in [-0.1, -0.05) is 18.5 Å². The number of likely N-dealkylation sites (tertiary alicyclic amines) is 1. The molecular weight excluding hydrogens is 404 g/mol. The number of carbonyl (C=O) groups excluding carboxylic acids is 3. The summed E-state index contributed by atoms with van der Waals surface area (Å²) in [5.41, 5.74) is 2.64. The summed E-state index contributed by atoms with van der Waals surface area (Å²) in [7, 11) is 0. The van der Waals surface area contributed by atoms with Gasteiger partial charge in [-0.3, -0.25) is 19.3 Å². The van der Waals surface area contributed by atoms with E-state index in [9.17, 15) is 14.4 Å². The van der Waals surface area contributed by atoms with E-state index in [0.29, 0.717) is 35.1 Å². The number of carbonyl (C=O) groups is 3. The van der Waals surface area contributed by atoms with Gasteiger partial charge in [-0.15, -0.1) is 0 Å². The second-order valence-corrected chi connectivity index (χ2v) is 8.17. The number of aryl methyl sites for hydroxylation is 1. The van der Waals surface area contributed by atoms with Crippen LogP contribution >= 0.6 is 11.6 Å². The molecule has 1 saturated heterocycles. The highest BCUT2D eigenvalue weighted by molar-refractivity contribution is 6.30. The van der Waals surface area contributed by atoms with E-state index in [0.717, 1.165) is 30.6 Å². The molecule has 0 bridgehead atoms. The van der Waals surface area contributed by atoms with E-state index in [4.69, 9.17) is 11.6 Å². The van der Waals surface area contributed by atoms with Crippen molar-refractivity contribution in [1.82, 2.24) is 14.9 Å². The summed E-state index contributed by atoms with van der Waals surface area (Å²) in [4.78, 5) is 46.8. The maximum Gasteiger partial charge on any atom is 0.229 e. The fourth-order valence-corrected chi connectivity index (χ4v) is 4.23. The summed E-state index contributed by atoms with van der Waals surface area (Å²) >= 11 is 5.83. The van der Waals surface area contributed by atoms with Crippen LogP contribution in [0.1, 0.15) is 58.8 Å². The third-order valence-electron chi connectivity index (χ3n) is 5.50. The number of piperidine rings is 1. The fraction of sp³-hybridized carbons (Fsp3) is 0.455. The monoisotopic (exact) mass is 430 g/mol. The molecule has 3 heterocycles. The van der Waals surface area contributed by atoms with Crippen molar-refractivity contribution >= 4 is 34.9 Å². The van der Waals surface area contributed by atoms with Crippen LogP contribution in [0.25, 0.3) is 0 Å². The quantitative estimate of drug-likeness (QED) is 0.653. The molecule has 2 aromatic heterocycles. The molecule has 160 valence electrons. The molecule has 30 heavy (non-hydrogen) atoms. The SMILES string of the molecule is CCc1c(C(=O)CN2CCCC(C(=O)Nc3ccc(Cl)cn3)C2)[nH]c(C)c1C(C)=O. The first-order valence-electron chi connectivity index (χ1n) is 10.2. The zero-order valence-electron chi connectivity index (χ0n) is 17.5. The molecule has 1 aliphatic heterocycles. The third-order valence-corrected chi connectivity index (χ3v) is 5.72. The maximum atomic E-state index is 13.0. The van der Waals surface area contributed by atoms with Gasteiger partial charge in [-0.25, -0.2) is 4.98 Å². The van der Waals surface area contributed by atoms with Crippen LogP contribution in [0.15, 0.2) is 18.3 Å². The van der Waals surface area contributed by atoms with Gasteiger partial charge in [0.25, 0.3) is 0 Å². The number of rotatable bonds is 7. The van der Waals surface area contributed by atoms with Gasteiger partial charge in [0, 0.05) is 24.0 Å². The highest BCUT2D eigenvalue weighted by Crippen LogP contribution is 2.23. The number of anilines is 1. The predicted octanol–water partition coefficient (Wildman–Crippen LogP) is 3.67. The minimum Gasteiger partial charge on any atom is -0.355 e. The van der Waals surface area contributed by atoms with E-state index in [1.165, 1.54) is 13.1 Å². The van der Waals surface area contributed by atoms with Crippen molar-refractivity contribution in [3.05, 3.63) is 45.9 Å². The molecule has 2 N–H and O–H groups in total. The van der Waals surface area contributed by atoms with Gasteiger partial charge in [-0.2, -0.15) is 0 Å². The number of nitrogens with zero attached hydrogens (tertiary/aromatic N) is 2. The minimum absolute atomic E-state index is 0.0369. The smallest absolute Gasteiger partial charge is 0.229 e. The number of ketones is 2. The molecular formula is C22H27ClN4O3. The third kappa shape index (κ3) is 4.96. The number of pyridine rings is 1. The molecule has 0 spiro atoms. The first-order valence-corrected chi connectivity index (χ1v) is 10.6. The number of amides is 1. The number of Topliss-reactive ketones (excluding diaryl/α,β-unsaturated/α-hetero) is 2. The maximum absolute atomic E-state index is 13.0. The molecule has 1 aliphatic rings. The number of nitrogens with one attached hydrogen (secondary N) is 2. The first kappa shape index (κ1) is 22.2. The van der Waals surface area contributed by atoms with E-state index < -0.39 is 0 Å². The summed E-state index contributed by atoms with van der Waals surface area (Å²) in [6, 6.07) is 3.34. The number of halogens is 1. The van der Waals surface area contributed by atoms with Gasteiger partial charge < -0.3 is 10.3 Å². The lowest BCUT2D eigenvalue weighted by Crippen LogP contribution is -2.43. The van der Waals surface area contributed by atoms with Crippen molar-refractivity contribution in [2.45, 2.75) is 40.0 Å². The van der Waals surface area contributed by atoms with E-state index in [2.05, 4.69) is 15.3 Å². The Morgan fingerprint density at radius 2 is 2.10 bits per heavy atom. The van der Waals surface area contributed by atoms with Gasteiger partial charge in [0.1, 0.15) is 5.82 Å². The Kier molecular flexibility index (Phi) is 7.05. The Hall–Kier alpha value is -2.51. The Bertz CT molecular complexity index is 952. The Labute approximate surface area is 181 Å². The zero-order valence-corrected chi connectivity index (χ0v) is 18.3. The Morgan fingerprint density at radius 3 is 2.73 bits per heavy atom. The van der Waals surface area contributed by atoms with Gasteiger partial charge >= 0.3 is 0 Å². The molecule has 3 rings (SSSR count). The van der Waals surface area contributed by atoms with Crippen LogP contribution in [0.4, 0.5) is 5.82 Å². The highest BCUT2D eigenvalue weighted by Gasteiger charge is 2.29. The molecule has 1 fully saturated rings. The summed E-state index contributed by atoms with van der Waals surface area (Å²) < 4.78 is 0. The topological polar surface area (TPSA) is 95.2 Å². The van der Waals surface area contributed by atoms with Gasteiger partial charge in [0.2, 0.25) is 5.91 Å². The molecule has 7 nitrogen and oxygen atoms in total. The predicted molar refractivity (Wildman–Crippen MR) is 116 cm³/mol. The second kappa shape index (κ2) is 9.53. The molecule has 8 heteroatoms. The van der Waals surface area contributed by atoms with Gasteiger partial charge in [0.15, 0.2) is 11.6 Å². The van der Waals surface area contributed by atoms with Crippen LogP contribution in [0, 0.1) is 12.8 Å². The van der Waals surface area contributed by atoms with Crippen molar-refractivity contribution in [1.29, 1.82) is 0 Å². The van der Waals surface area contributed by atoms with Crippen LogP contribution < -0.4 is 5.32 Å². The summed E-state index contributed by atoms with van der Waals surface area (Å²) in [6.45, 7) is 6.76. The van der Waals surface area contributed by atoms with Crippen molar-refractivity contribution in [3.63, 3.8) is 0 Å². The van der Waals surface area contributed by atoms with Crippen molar-refractivity contribution in [2.75, 3.05) is 25.0 Å². The number of aromatic nitrogens is 2. The fourth-order valence-electron chi connectivity index (χ4n) is 4.12. The molecule has 1 atom stereocenters. The lowest BCUT2D eigenvalue weighted by Gasteiger charge is -2.31. The molecule has 1 amide bonds. The lowest BCUT2D eigenvalue weighted by molar-refractivity contribution is -0.121. The molecule has 0 radical (unpaired) electrons. The average Bonchev–Trinajstić information content (AvgIpc) is 3.06. The molecule has 2 aromatic rings. The van der Waals surface area contributed by atoms with Crippen molar-refractivity contribution in [3.8, 4) is 0 Å². The largest absolute Gasteiger partial charge is 0.355 e. The summed E-state index contributed by atoms with van der Waals surface area (Å²) in [5.74, 6) is 0.0514. The number of aromatic amines is 1. The normalized spacial score (nSPS) is 17.0. The molecule has 1 unspecified atom stereocenters. The number of H-pyrrole nitrogens is 1. The van der Waals surface area contributed by atoms with Gasteiger partial charge in [0.05, 0.1) is 23.2 Å². The van der Waals surface area contributed by atoms with E-state index in [1.54, 1.807) is 12.1 Å². The van der Waals surface area contributed by atoms with Crippen LogP contribution in [0.5, 0.6) is 0 Å². The second-order valence-electron chi connectivity index (χ2n) is 7.74. The molecule has 0 aromatic carbocycles. The van der Waals surface area contributed by atoms with Crippen LogP contribution in [0.2, 0.25) is 5.02 Å². The van der Waals surface area contributed by atoms with Gasteiger partial charge in [-0.05, 0) is 57.4 Å². The molecule has 0 saturated carbocycles. The minimum atomic E-state index is -0.215. The Morgan fingerprint density at radius 1 is 1.33 bits per heavy atom. The number of hydrogen-bond donors (Lipinski definition) is 2. The van der Waals surface area contributed by atoms with Crippen molar-refractivity contribution in [2.24, 2.45) is 5.92 Å². The summed E-state index contributed by atoms with van der Waals surface area (Å²) in [5, 5.41) is 3.33. The van der Waals surface area contributed by atoms with E-state index in [1.807, 2.05) is 18.7 Å². The van der Waals surface area contributed by atoms with Crippen LogP contribution in [0.3, 0.4) is 0 Å². The van der Waals surface area contributed by atoms with Crippen molar-refractivity contribution < 1.29 is 14.4 Å². The standard InChI is InChI=1S/C22H27ClN4O3/c1-4-17-20(14(3)28)13(2)25-21(17)18(29)12-27-9-5-6-15(11-27)22(30)26-19-8-7-16(23)10-24-19/h7-8,10,15,25H,4-6,9,11-12H2,1-3H3,(H,24,26,30). The highest BCUT2D eigenvalue weighted by atomic mass is 35.5. The Balaban J connectivity index is 1.65. The average molecular weight is 431 g/mol. The van der Waals surface area contributed by atoms with E-state index in [-0.39, 0.29) is 29.9 Å². The zero-order chi connectivity index (χ0) is 21.8. The molecule has 0 aliphatic carbocycles. The van der Waals surface area contributed by atoms with E-state index >= 15 is 0 Å². The summed E-state index contributed by atoms with van der Waals surface area (Å²) in [6.07, 6.45) is 3.70. The lowest BCUT2D eigenvalue weighted by atomic mass is 9.96. The first-order chi connectivity index (χ1) is 14.3. The van der Waals surface area contributed by atoms with Crippen LogP contribution in [-0.4, -0.2) is 52.0 Å². The van der Waals surface area contributed by atoms with Crippen LogP contribution in [-0.2, 0) is 11.2 Å².